The van der Waals surface area contributed by atoms with Crippen LogP contribution in [0, 0.1) is 0 Å². The van der Waals surface area contributed by atoms with E-state index in [4.69, 9.17) is 16.3 Å². The third kappa shape index (κ3) is 4.53. The number of Topliss-reactive ketones (excluding diaryl/α,β-unsaturated/α-hetero) is 1. The van der Waals surface area contributed by atoms with Gasteiger partial charge in [0.1, 0.15) is 19.1 Å². The van der Waals surface area contributed by atoms with E-state index in [1.54, 1.807) is 36.4 Å². The number of ether oxygens (including phenoxy) is 1. The Morgan fingerprint density at radius 2 is 1.59 bits per heavy atom. The number of rotatable bonds is 7. The quantitative estimate of drug-likeness (QED) is 0.703. The van der Waals surface area contributed by atoms with Crippen LogP contribution in [0.25, 0.3) is 0 Å². The second kappa shape index (κ2) is 7.90. The summed E-state index contributed by atoms with van der Waals surface area (Å²) in [5.41, 5.74) is 1.38. The second-order valence-corrected chi connectivity index (χ2v) is 5.24. The number of hydrogen-bond acceptors (Lipinski definition) is 2. The van der Waals surface area contributed by atoms with Crippen LogP contribution in [0.3, 0.4) is 0 Å². The van der Waals surface area contributed by atoms with Crippen LogP contribution in [0.4, 0.5) is 8.78 Å². The maximum absolute atomic E-state index is 12.4. The zero-order valence-electron chi connectivity index (χ0n) is 11.8. The van der Waals surface area contributed by atoms with Gasteiger partial charge in [0.05, 0.1) is 0 Å². The fourth-order valence-corrected chi connectivity index (χ4v) is 2.03. The summed E-state index contributed by atoms with van der Waals surface area (Å²) in [6.07, 6.45) is -0.842. The molecule has 0 radical (unpaired) electrons. The minimum Gasteiger partial charge on any atom is -0.485 e. The van der Waals surface area contributed by atoms with E-state index in [1.165, 1.54) is 12.1 Å². The SMILES string of the molecule is O=C(Cc1ccc(Cl)cc1)c1ccc(OC(CF)CF)cc1. The molecular formula is C17H15ClF2O2. The van der Waals surface area contributed by atoms with Crippen LogP contribution in [0.15, 0.2) is 48.5 Å². The van der Waals surface area contributed by atoms with E-state index in [9.17, 15) is 13.6 Å². The monoisotopic (exact) mass is 324 g/mol. The Bertz CT molecular complexity index is 608. The van der Waals surface area contributed by atoms with Gasteiger partial charge in [0.25, 0.3) is 0 Å². The zero-order chi connectivity index (χ0) is 15.9. The van der Waals surface area contributed by atoms with Crippen molar-refractivity contribution in [3.63, 3.8) is 0 Å². The van der Waals surface area contributed by atoms with E-state index >= 15 is 0 Å². The molecule has 0 heterocycles. The molecular weight excluding hydrogens is 310 g/mol. The van der Waals surface area contributed by atoms with Crippen LogP contribution in [0.1, 0.15) is 15.9 Å². The molecule has 0 N–H and O–H groups in total. The Labute approximate surface area is 132 Å². The highest BCUT2D eigenvalue weighted by Gasteiger charge is 2.11. The Morgan fingerprint density at radius 1 is 1.00 bits per heavy atom. The molecule has 0 atom stereocenters. The van der Waals surface area contributed by atoms with Crippen molar-refractivity contribution in [1.29, 1.82) is 0 Å². The van der Waals surface area contributed by atoms with Gasteiger partial charge in [-0.05, 0) is 42.0 Å². The number of halogens is 3. The molecule has 0 spiro atoms. The van der Waals surface area contributed by atoms with Crippen LogP contribution < -0.4 is 4.74 Å². The average Bonchev–Trinajstić information content (AvgIpc) is 2.55. The number of ketones is 1. The van der Waals surface area contributed by atoms with Gasteiger partial charge in [-0.2, -0.15) is 0 Å². The van der Waals surface area contributed by atoms with Crippen molar-refractivity contribution in [3.05, 3.63) is 64.7 Å². The predicted molar refractivity (Wildman–Crippen MR) is 82.3 cm³/mol. The van der Waals surface area contributed by atoms with E-state index in [1.807, 2.05) is 0 Å². The summed E-state index contributed by atoms with van der Waals surface area (Å²) < 4.78 is 29.9. The predicted octanol–water partition coefficient (Wildman–Crippen LogP) is 4.45. The number of carbonyl (C=O) groups excluding carboxylic acids is 1. The lowest BCUT2D eigenvalue weighted by molar-refractivity contribution is 0.0992. The van der Waals surface area contributed by atoms with Crippen molar-refractivity contribution in [1.82, 2.24) is 0 Å². The molecule has 0 unspecified atom stereocenters. The summed E-state index contributed by atoms with van der Waals surface area (Å²) in [4.78, 5) is 12.2. The fraction of sp³-hybridized carbons (Fsp3) is 0.235. The third-order valence-electron chi connectivity index (χ3n) is 3.10. The van der Waals surface area contributed by atoms with Gasteiger partial charge in [0.15, 0.2) is 11.9 Å². The number of carbonyl (C=O) groups is 1. The first kappa shape index (κ1) is 16.4. The molecule has 0 aromatic heterocycles. The summed E-state index contributed by atoms with van der Waals surface area (Å²) >= 11 is 5.80. The second-order valence-electron chi connectivity index (χ2n) is 4.80. The van der Waals surface area contributed by atoms with Crippen molar-refractivity contribution in [2.45, 2.75) is 12.5 Å². The lowest BCUT2D eigenvalue weighted by Crippen LogP contribution is -2.21. The van der Waals surface area contributed by atoms with Crippen LogP contribution >= 0.6 is 11.6 Å². The summed E-state index contributed by atoms with van der Waals surface area (Å²) in [6, 6.07) is 13.3. The summed E-state index contributed by atoms with van der Waals surface area (Å²) in [5.74, 6) is 0.282. The largest absolute Gasteiger partial charge is 0.485 e. The lowest BCUT2D eigenvalue weighted by Gasteiger charge is -2.12. The summed E-state index contributed by atoms with van der Waals surface area (Å²) in [7, 11) is 0. The fourth-order valence-electron chi connectivity index (χ4n) is 1.91. The van der Waals surface area contributed by atoms with Gasteiger partial charge >= 0.3 is 0 Å². The first-order valence-electron chi connectivity index (χ1n) is 6.78. The van der Waals surface area contributed by atoms with E-state index in [2.05, 4.69) is 0 Å². The molecule has 0 saturated heterocycles. The van der Waals surface area contributed by atoms with Crippen LogP contribution in [-0.2, 0) is 6.42 Å². The maximum atomic E-state index is 12.4. The molecule has 116 valence electrons. The molecule has 5 heteroatoms. The van der Waals surface area contributed by atoms with Crippen molar-refractivity contribution < 1.29 is 18.3 Å². The molecule has 0 fully saturated rings. The van der Waals surface area contributed by atoms with Gasteiger partial charge in [-0.1, -0.05) is 23.7 Å². The smallest absolute Gasteiger partial charge is 0.167 e. The minimum absolute atomic E-state index is 0.0543. The molecule has 0 aliphatic rings. The molecule has 0 bridgehead atoms. The molecule has 0 amide bonds. The van der Waals surface area contributed by atoms with Gasteiger partial charge in [-0.25, -0.2) is 8.78 Å². The highest BCUT2D eigenvalue weighted by atomic mass is 35.5. The van der Waals surface area contributed by atoms with E-state index < -0.39 is 19.5 Å². The van der Waals surface area contributed by atoms with Gasteiger partial charge in [-0.3, -0.25) is 4.79 Å². The van der Waals surface area contributed by atoms with E-state index in [0.29, 0.717) is 16.3 Å². The van der Waals surface area contributed by atoms with Crippen molar-refractivity contribution in [2.75, 3.05) is 13.3 Å². The van der Waals surface area contributed by atoms with E-state index in [0.717, 1.165) is 5.56 Å². The van der Waals surface area contributed by atoms with Gasteiger partial charge in [0, 0.05) is 17.0 Å². The highest BCUT2D eigenvalue weighted by Crippen LogP contribution is 2.17. The van der Waals surface area contributed by atoms with Crippen molar-refractivity contribution >= 4 is 17.4 Å². The standard InChI is InChI=1S/C17H15ClF2O2/c18-14-5-1-12(2-6-14)9-17(21)13-3-7-15(8-4-13)22-16(10-19)11-20/h1-8,16H,9-11H2. The van der Waals surface area contributed by atoms with Gasteiger partial charge < -0.3 is 4.74 Å². The van der Waals surface area contributed by atoms with Crippen molar-refractivity contribution in [2.24, 2.45) is 0 Å². The lowest BCUT2D eigenvalue weighted by atomic mass is 10.0. The molecule has 2 nitrogen and oxygen atoms in total. The van der Waals surface area contributed by atoms with Gasteiger partial charge in [0.2, 0.25) is 0 Å². The Hall–Kier alpha value is -1.94. The molecule has 0 saturated carbocycles. The Balaban J connectivity index is 2.00. The van der Waals surface area contributed by atoms with Gasteiger partial charge in [-0.15, -0.1) is 0 Å². The molecule has 0 aliphatic heterocycles. The molecule has 2 rings (SSSR count). The van der Waals surface area contributed by atoms with Crippen LogP contribution in [0.2, 0.25) is 5.02 Å². The minimum atomic E-state index is -1.10. The maximum Gasteiger partial charge on any atom is 0.167 e. The Kier molecular flexibility index (Phi) is 5.90. The topological polar surface area (TPSA) is 26.3 Å². The number of hydrogen-bond donors (Lipinski definition) is 0. The number of benzene rings is 2. The molecule has 2 aromatic rings. The summed E-state index contributed by atoms with van der Waals surface area (Å²) in [6.45, 7) is -1.79. The molecule has 2 aromatic carbocycles. The zero-order valence-corrected chi connectivity index (χ0v) is 12.5. The normalized spacial score (nSPS) is 10.7. The van der Waals surface area contributed by atoms with Crippen molar-refractivity contribution in [3.8, 4) is 5.75 Å². The van der Waals surface area contributed by atoms with E-state index in [-0.39, 0.29) is 12.2 Å². The third-order valence-corrected chi connectivity index (χ3v) is 3.35. The first-order chi connectivity index (χ1) is 10.6. The molecule has 22 heavy (non-hydrogen) atoms. The first-order valence-corrected chi connectivity index (χ1v) is 7.16. The van der Waals surface area contributed by atoms with Crippen LogP contribution in [0.5, 0.6) is 5.75 Å². The molecule has 0 aliphatic carbocycles. The average molecular weight is 325 g/mol. The van der Waals surface area contributed by atoms with Crippen LogP contribution in [-0.4, -0.2) is 25.2 Å². The highest BCUT2D eigenvalue weighted by molar-refractivity contribution is 6.30. The summed E-state index contributed by atoms with van der Waals surface area (Å²) in [5, 5.41) is 0.619. The number of alkyl halides is 2. The Morgan fingerprint density at radius 3 is 2.14 bits per heavy atom.